The van der Waals surface area contributed by atoms with Gasteiger partial charge in [-0.3, -0.25) is 9.59 Å². The van der Waals surface area contributed by atoms with Gasteiger partial charge in [0.2, 0.25) is 5.91 Å². The molecule has 27 heavy (non-hydrogen) atoms. The topological polar surface area (TPSA) is 82.4 Å². The Bertz CT molecular complexity index is 499. The molecule has 0 radical (unpaired) electrons. The van der Waals surface area contributed by atoms with Crippen molar-refractivity contribution in [2.75, 3.05) is 39.4 Å². The van der Waals surface area contributed by atoms with Crippen LogP contribution < -0.4 is 5.32 Å². The van der Waals surface area contributed by atoms with Crippen LogP contribution in [0, 0.1) is 29.1 Å². The number of carbonyl (C=O) groups is 2. The molecule has 3 aliphatic rings. The van der Waals surface area contributed by atoms with Crippen LogP contribution in [-0.4, -0.2) is 56.0 Å². The Hall–Kier alpha value is -1.45. The maximum Gasteiger partial charge on any atom is 0.223 e. The highest BCUT2D eigenvalue weighted by atomic mass is 16.5. The lowest BCUT2D eigenvalue weighted by molar-refractivity contribution is -0.138. The molecule has 152 valence electrons. The van der Waals surface area contributed by atoms with Crippen LogP contribution in [0.25, 0.3) is 0 Å². The number of hydrogen-bond donors (Lipinski definition) is 1. The predicted molar refractivity (Wildman–Crippen MR) is 104 cm³/mol. The Morgan fingerprint density at radius 1 is 1.19 bits per heavy atom. The molecule has 0 aromatic carbocycles. The normalized spacial score (nSPS) is 24.4. The van der Waals surface area contributed by atoms with Crippen molar-refractivity contribution in [2.45, 2.75) is 58.3 Å². The maximum absolute atomic E-state index is 12.3. The number of amides is 1. The second-order valence-corrected chi connectivity index (χ2v) is 8.06. The fourth-order valence-electron chi connectivity index (χ4n) is 4.14. The van der Waals surface area contributed by atoms with Gasteiger partial charge in [0.1, 0.15) is 5.78 Å². The van der Waals surface area contributed by atoms with Gasteiger partial charge in [0.05, 0.1) is 25.2 Å². The molecule has 6 nitrogen and oxygen atoms in total. The van der Waals surface area contributed by atoms with E-state index in [1.807, 2.05) is 4.90 Å². The second kappa shape index (κ2) is 12.1. The lowest BCUT2D eigenvalue weighted by Gasteiger charge is -2.29. The summed E-state index contributed by atoms with van der Waals surface area (Å²) in [5.41, 5.74) is 0. The SMILES string of the molecule is CC(=O)C(CC(=O)N1CCOCC1)CC1CCCCC1.N#CC1CCNC1. The highest BCUT2D eigenvalue weighted by Gasteiger charge is 2.26. The molecule has 0 spiro atoms. The van der Waals surface area contributed by atoms with Crippen molar-refractivity contribution in [2.24, 2.45) is 17.8 Å². The average molecular weight is 378 g/mol. The monoisotopic (exact) mass is 377 g/mol. The number of nitrogens with zero attached hydrogens (tertiary/aromatic N) is 2. The smallest absolute Gasteiger partial charge is 0.223 e. The third-order valence-electron chi connectivity index (χ3n) is 5.95. The van der Waals surface area contributed by atoms with Crippen molar-refractivity contribution < 1.29 is 14.3 Å². The van der Waals surface area contributed by atoms with Gasteiger partial charge in [0, 0.05) is 32.0 Å². The first-order valence-electron chi connectivity index (χ1n) is 10.6. The van der Waals surface area contributed by atoms with Crippen molar-refractivity contribution in [1.29, 1.82) is 5.26 Å². The quantitative estimate of drug-likeness (QED) is 0.796. The van der Waals surface area contributed by atoms with Crippen LogP contribution in [-0.2, 0) is 14.3 Å². The first-order valence-corrected chi connectivity index (χ1v) is 10.6. The molecular formula is C21H35N3O3. The van der Waals surface area contributed by atoms with E-state index in [4.69, 9.17) is 10.00 Å². The molecule has 0 aromatic rings. The van der Waals surface area contributed by atoms with Crippen LogP contribution in [0.15, 0.2) is 0 Å². The molecule has 2 saturated heterocycles. The molecule has 1 saturated carbocycles. The molecule has 1 aliphatic carbocycles. The summed E-state index contributed by atoms with van der Waals surface area (Å²) in [5, 5.41) is 11.4. The highest BCUT2D eigenvalue weighted by Crippen LogP contribution is 2.30. The lowest BCUT2D eigenvalue weighted by Crippen LogP contribution is -2.42. The van der Waals surface area contributed by atoms with Gasteiger partial charge in [0.25, 0.3) is 0 Å². The van der Waals surface area contributed by atoms with Crippen LogP contribution in [0.4, 0.5) is 0 Å². The molecule has 0 aromatic heterocycles. The van der Waals surface area contributed by atoms with Gasteiger partial charge in [-0.15, -0.1) is 0 Å². The fourth-order valence-corrected chi connectivity index (χ4v) is 4.14. The number of rotatable bonds is 5. The number of morpholine rings is 1. The van der Waals surface area contributed by atoms with Gasteiger partial charge in [-0.2, -0.15) is 5.26 Å². The minimum absolute atomic E-state index is 0.0755. The summed E-state index contributed by atoms with van der Waals surface area (Å²) in [6.45, 7) is 6.16. The van der Waals surface area contributed by atoms with E-state index >= 15 is 0 Å². The molecule has 2 aliphatic heterocycles. The minimum Gasteiger partial charge on any atom is -0.378 e. The zero-order valence-electron chi connectivity index (χ0n) is 16.8. The molecule has 2 heterocycles. The molecule has 2 atom stereocenters. The number of nitrogens with one attached hydrogen (secondary N) is 1. The summed E-state index contributed by atoms with van der Waals surface area (Å²) in [6.07, 6.45) is 8.70. The summed E-state index contributed by atoms with van der Waals surface area (Å²) < 4.78 is 5.26. The van der Waals surface area contributed by atoms with Gasteiger partial charge in [-0.05, 0) is 32.2 Å². The van der Waals surface area contributed by atoms with Gasteiger partial charge in [-0.1, -0.05) is 32.1 Å². The van der Waals surface area contributed by atoms with Crippen LogP contribution in [0.3, 0.4) is 0 Å². The third-order valence-corrected chi connectivity index (χ3v) is 5.95. The zero-order chi connectivity index (χ0) is 19.5. The first-order chi connectivity index (χ1) is 13.1. The Balaban J connectivity index is 0.000000313. The van der Waals surface area contributed by atoms with Gasteiger partial charge in [0.15, 0.2) is 0 Å². The summed E-state index contributed by atoms with van der Waals surface area (Å²) >= 11 is 0. The molecule has 3 rings (SSSR count). The van der Waals surface area contributed by atoms with Crippen molar-refractivity contribution in [3.8, 4) is 6.07 Å². The molecule has 6 heteroatoms. The van der Waals surface area contributed by atoms with E-state index in [-0.39, 0.29) is 17.6 Å². The largest absolute Gasteiger partial charge is 0.378 e. The Morgan fingerprint density at radius 3 is 2.41 bits per heavy atom. The number of ether oxygens (including phenoxy) is 1. The van der Waals surface area contributed by atoms with E-state index in [0.29, 0.717) is 44.6 Å². The molecule has 1 N–H and O–H groups in total. The highest BCUT2D eigenvalue weighted by molar-refractivity contribution is 5.85. The van der Waals surface area contributed by atoms with Crippen LogP contribution in [0.2, 0.25) is 0 Å². The standard InChI is InChI=1S/C16H27NO3.C5H8N2/c1-13(18)15(11-14-5-3-2-4-6-14)12-16(19)17-7-9-20-10-8-17;6-3-5-1-2-7-4-5/h14-15H,2-12H2,1H3;5,7H,1-2,4H2. The second-order valence-electron chi connectivity index (χ2n) is 8.06. The Kier molecular flexibility index (Phi) is 9.79. The molecule has 1 amide bonds. The van der Waals surface area contributed by atoms with E-state index in [2.05, 4.69) is 11.4 Å². The van der Waals surface area contributed by atoms with Crippen LogP contribution >= 0.6 is 0 Å². The third kappa shape index (κ3) is 7.98. The molecule has 0 bridgehead atoms. The van der Waals surface area contributed by atoms with E-state index in [9.17, 15) is 9.59 Å². The molecular weight excluding hydrogens is 342 g/mol. The van der Waals surface area contributed by atoms with Gasteiger partial charge in [-0.25, -0.2) is 0 Å². The lowest BCUT2D eigenvalue weighted by atomic mass is 9.80. The van der Waals surface area contributed by atoms with E-state index < -0.39 is 0 Å². The van der Waals surface area contributed by atoms with Crippen molar-refractivity contribution >= 4 is 11.7 Å². The maximum atomic E-state index is 12.3. The summed E-state index contributed by atoms with van der Waals surface area (Å²) in [4.78, 5) is 26.0. The Morgan fingerprint density at radius 2 is 1.89 bits per heavy atom. The first kappa shape index (κ1) is 21.8. The minimum atomic E-state index is -0.0755. The van der Waals surface area contributed by atoms with Crippen molar-refractivity contribution in [1.82, 2.24) is 10.2 Å². The number of ketones is 1. The van der Waals surface area contributed by atoms with Gasteiger partial charge < -0.3 is 15.0 Å². The van der Waals surface area contributed by atoms with Crippen LogP contribution in [0.5, 0.6) is 0 Å². The van der Waals surface area contributed by atoms with Gasteiger partial charge >= 0.3 is 0 Å². The number of carbonyl (C=O) groups excluding carboxylic acids is 2. The number of hydrogen-bond acceptors (Lipinski definition) is 5. The summed E-state index contributed by atoms with van der Waals surface area (Å²) in [5.74, 6) is 1.17. The van der Waals surface area contributed by atoms with E-state index in [1.54, 1.807) is 6.92 Å². The average Bonchev–Trinajstić information content (AvgIpc) is 3.23. The molecule has 3 fully saturated rings. The van der Waals surface area contributed by atoms with Crippen molar-refractivity contribution in [3.05, 3.63) is 0 Å². The number of nitriles is 1. The van der Waals surface area contributed by atoms with Crippen molar-refractivity contribution in [3.63, 3.8) is 0 Å². The Labute approximate surface area is 163 Å². The summed E-state index contributed by atoms with van der Waals surface area (Å²) in [6, 6.07) is 2.20. The number of Topliss-reactive ketones (excluding diaryl/α,β-unsaturated/α-hetero) is 1. The predicted octanol–water partition coefficient (Wildman–Crippen LogP) is 2.53. The zero-order valence-corrected chi connectivity index (χ0v) is 16.8. The summed E-state index contributed by atoms with van der Waals surface area (Å²) in [7, 11) is 0. The van der Waals surface area contributed by atoms with E-state index in [1.165, 1.54) is 32.1 Å². The fraction of sp³-hybridized carbons (Fsp3) is 0.857. The molecule has 2 unspecified atom stereocenters. The van der Waals surface area contributed by atoms with Crippen LogP contribution in [0.1, 0.15) is 58.3 Å². The van der Waals surface area contributed by atoms with E-state index in [0.717, 1.165) is 25.9 Å².